The molecular formula is C14H9N5O2S. The molecule has 1 N–H and O–H groups in total. The molecule has 4 rings (SSSR count). The fourth-order valence-electron chi connectivity index (χ4n) is 1.97. The van der Waals surface area contributed by atoms with Gasteiger partial charge in [-0.05, 0) is 36.4 Å². The second-order valence-corrected chi connectivity index (χ2v) is 5.43. The number of nitrogens with zero attached hydrogens (tertiary/aromatic N) is 4. The Morgan fingerprint density at radius 2 is 2.09 bits per heavy atom. The first-order chi connectivity index (χ1) is 10.8. The molecule has 0 aliphatic carbocycles. The van der Waals surface area contributed by atoms with Gasteiger partial charge in [-0.1, -0.05) is 11.3 Å². The molecule has 1 aromatic carbocycles. The molecule has 0 radical (unpaired) electrons. The molecule has 3 heterocycles. The Morgan fingerprint density at radius 3 is 2.82 bits per heavy atom. The molecule has 8 heteroatoms. The van der Waals surface area contributed by atoms with Crippen molar-refractivity contribution < 1.29 is 9.21 Å². The summed E-state index contributed by atoms with van der Waals surface area (Å²) >= 11 is 1.45. The smallest absolute Gasteiger partial charge is 0.291 e. The summed E-state index contributed by atoms with van der Waals surface area (Å²) < 4.78 is 6.68. The zero-order valence-corrected chi connectivity index (χ0v) is 11.9. The van der Waals surface area contributed by atoms with Crippen molar-refractivity contribution in [2.75, 3.05) is 5.32 Å². The number of hydrogen-bond acceptors (Lipinski definition) is 6. The SMILES string of the molecule is O=C(Nc1ccc(-c2nn3cnnc3s2)cc1)c1ccco1. The van der Waals surface area contributed by atoms with Gasteiger partial charge in [0.2, 0.25) is 4.96 Å². The van der Waals surface area contributed by atoms with E-state index >= 15 is 0 Å². The fourth-order valence-corrected chi connectivity index (χ4v) is 2.80. The molecule has 0 unspecified atom stereocenters. The standard InChI is InChI=1S/C14H9N5O2S/c20-12(11-2-1-7-21-11)16-10-5-3-9(4-6-10)13-18-19-8-15-17-14(19)22-13/h1-8H,(H,16,20). The maximum absolute atomic E-state index is 11.9. The van der Waals surface area contributed by atoms with Crippen LogP contribution in [-0.4, -0.2) is 25.7 Å². The monoisotopic (exact) mass is 311 g/mol. The Labute approximate surface area is 128 Å². The number of nitrogens with one attached hydrogen (secondary N) is 1. The molecule has 0 aliphatic rings. The summed E-state index contributed by atoms with van der Waals surface area (Å²) in [7, 11) is 0. The van der Waals surface area contributed by atoms with E-state index < -0.39 is 0 Å². The lowest BCUT2D eigenvalue weighted by Crippen LogP contribution is -2.10. The van der Waals surface area contributed by atoms with E-state index in [4.69, 9.17) is 4.42 Å². The van der Waals surface area contributed by atoms with Crippen LogP contribution in [-0.2, 0) is 0 Å². The van der Waals surface area contributed by atoms with Crippen molar-refractivity contribution in [2.24, 2.45) is 0 Å². The molecule has 4 aromatic rings. The lowest BCUT2D eigenvalue weighted by Gasteiger charge is -2.03. The Kier molecular flexibility index (Phi) is 2.94. The Hall–Kier alpha value is -3.00. The first-order valence-corrected chi connectivity index (χ1v) is 7.23. The summed E-state index contributed by atoms with van der Waals surface area (Å²) in [5, 5.41) is 15.7. The van der Waals surface area contributed by atoms with Crippen molar-refractivity contribution in [2.45, 2.75) is 0 Å². The molecule has 0 bridgehead atoms. The third-order valence-corrected chi connectivity index (χ3v) is 3.98. The van der Waals surface area contributed by atoms with Gasteiger partial charge < -0.3 is 9.73 Å². The first-order valence-electron chi connectivity index (χ1n) is 6.42. The Balaban J connectivity index is 1.55. The number of furan rings is 1. The van der Waals surface area contributed by atoms with Crippen LogP contribution in [0.2, 0.25) is 0 Å². The van der Waals surface area contributed by atoms with Crippen molar-refractivity contribution in [1.82, 2.24) is 19.8 Å². The van der Waals surface area contributed by atoms with Crippen LogP contribution in [0.4, 0.5) is 5.69 Å². The highest BCUT2D eigenvalue weighted by Crippen LogP contribution is 2.25. The van der Waals surface area contributed by atoms with Crippen molar-refractivity contribution in [3.8, 4) is 10.6 Å². The van der Waals surface area contributed by atoms with Crippen LogP contribution >= 0.6 is 11.3 Å². The van der Waals surface area contributed by atoms with Gasteiger partial charge in [0.05, 0.1) is 6.26 Å². The second kappa shape index (κ2) is 5.08. The number of benzene rings is 1. The van der Waals surface area contributed by atoms with E-state index in [0.717, 1.165) is 15.5 Å². The molecule has 108 valence electrons. The van der Waals surface area contributed by atoms with Crippen LogP contribution in [0.3, 0.4) is 0 Å². The van der Waals surface area contributed by atoms with E-state index in [1.807, 2.05) is 24.3 Å². The summed E-state index contributed by atoms with van der Waals surface area (Å²) in [4.78, 5) is 12.6. The topological polar surface area (TPSA) is 85.3 Å². The van der Waals surface area contributed by atoms with Gasteiger partial charge in [0.25, 0.3) is 5.91 Å². The lowest BCUT2D eigenvalue weighted by atomic mass is 10.2. The van der Waals surface area contributed by atoms with Gasteiger partial charge in [-0.15, -0.1) is 10.2 Å². The molecule has 0 atom stereocenters. The van der Waals surface area contributed by atoms with Gasteiger partial charge in [0.15, 0.2) is 5.76 Å². The predicted molar refractivity (Wildman–Crippen MR) is 80.8 cm³/mol. The third-order valence-electron chi connectivity index (χ3n) is 3.02. The number of hydrogen-bond donors (Lipinski definition) is 1. The molecule has 22 heavy (non-hydrogen) atoms. The zero-order chi connectivity index (χ0) is 14.9. The predicted octanol–water partition coefficient (Wildman–Crippen LogP) is 2.70. The molecular weight excluding hydrogens is 302 g/mol. The van der Waals surface area contributed by atoms with E-state index in [1.165, 1.54) is 17.6 Å². The van der Waals surface area contributed by atoms with Crippen LogP contribution in [0.5, 0.6) is 0 Å². The summed E-state index contributed by atoms with van der Waals surface area (Å²) in [6, 6.07) is 10.7. The normalized spacial score (nSPS) is 10.9. The maximum atomic E-state index is 11.9. The summed E-state index contributed by atoms with van der Waals surface area (Å²) in [5.41, 5.74) is 1.64. The van der Waals surface area contributed by atoms with Gasteiger partial charge in [-0.3, -0.25) is 4.79 Å². The molecule has 7 nitrogen and oxygen atoms in total. The van der Waals surface area contributed by atoms with Gasteiger partial charge in [0.1, 0.15) is 11.3 Å². The average Bonchev–Trinajstić information content (AvgIpc) is 3.24. The molecule has 0 fully saturated rings. The molecule has 0 spiro atoms. The van der Waals surface area contributed by atoms with Crippen LogP contribution < -0.4 is 5.32 Å². The number of carbonyl (C=O) groups is 1. The second-order valence-electron chi connectivity index (χ2n) is 4.47. The largest absolute Gasteiger partial charge is 0.459 e. The van der Waals surface area contributed by atoms with Gasteiger partial charge in [-0.25, -0.2) is 0 Å². The van der Waals surface area contributed by atoms with Crippen molar-refractivity contribution in [3.05, 3.63) is 54.7 Å². The quantitative estimate of drug-likeness (QED) is 0.628. The molecule has 0 aliphatic heterocycles. The summed E-state index contributed by atoms with van der Waals surface area (Å²) in [6.45, 7) is 0. The number of rotatable bonds is 3. The molecule has 0 saturated carbocycles. The maximum Gasteiger partial charge on any atom is 0.291 e. The minimum absolute atomic E-state index is 0.276. The minimum atomic E-state index is -0.281. The minimum Gasteiger partial charge on any atom is -0.459 e. The van der Waals surface area contributed by atoms with E-state index in [-0.39, 0.29) is 11.7 Å². The van der Waals surface area contributed by atoms with Crippen molar-refractivity contribution in [1.29, 1.82) is 0 Å². The molecule has 1 amide bonds. The van der Waals surface area contributed by atoms with E-state index in [0.29, 0.717) is 5.69 Å². The molecule has 3 aromatic heterocycles. The first kappa shape index (κ1) is 12.7. The number of anilines is 1. The highest BCUT2D eigenvalue weighted by molar-refractivity contribution is 7.19. The Morgan fingerprint density at radius 1 is 1.23 bits per heavy atom. The molecule has 0 saturated heterocycles. The van der Waals surface area contributed by atoms with Crippen molar-refractivity contribution >= 4 is 27.9 Å². The van der Waals surface area contributed by atoms with Crippen molar-refractivity contribution in [3.63, 3.8) is 0 Å². The van der Waals surface area contributed by atoms with Gasteiger partial charge in [-0.2, -0.15) is 9.61 Å². The van der Waals surface area contributed by atoms with Gasteiger partial charge >= 0.3 is 0 Å². The highest BCUT2D eigenvalue weighted by Gasteiger charge is 2.10. The van der Waals surface area contributed by atoms with Crippen LogP contribution in [0.25, 0.3) is 15.5 Å². The lowest BCUT2D eigenvalue weighted by molar-refractivity contribution is 0.0996. The number of aromatic nitrogens is 4. The summed E-state index contributed by atoms with van der Waals surface area (Å²) in [5.74, 6) is -0.00531. The fraction of sp³-hybridized carbons (Fsp3) is 0. The zero-order valence-electron chi connectivity index (χ0n) is 11.1. The van der Waals surface area contributed by atoms with Crippen LogP contribution in [0, 0.1) is 0 Å². The van der Waals surface area contributed by atoms with Gasteiger partial charge in [0, 0.05) is 11.3 Å². The van der Waals surface area contributed by atoms with Crippen LogP contribution in [0.1, 0.15) is 10.6 Å². The Bertz CT molecular complexity index is 895. The number of fused-ring (bicyclic) bond motifs is 1. The number of carbonyl (C=O) groups excluding carboxylic acids is 1. The highest BCUT2D eigenvalue weighted by atomic mass is 32.1. The third kappa shape index (κ3) is 2.25. The van der Waals surface area contributed by atoms with E-state index in [9.17, 15) is 4.79 Å². The number of amides is 1. The van der Waals surface area contributed by atoms with E-state index in [1.54, 1.807) is 23.0 Å². The summed E-state index contributed by atoms with van der Waals surface area (Å²) in [6.07, 6.45) is 3.03. The van der Waals surface area contributed by atoms with E-state index in [2.05, 4.69) is 20.6 Å². The average molecular weight is 311 g/mol. The van der Waals surface area contributed by atoms with Crippen LogP contribution in [0.15, 0.2) is 53.4 Å².